The largest absolute Gasteiger partial charge is 3.00 e. The molecule has 3 aromatic rings. The maximum Gasteiger partial charge on any atom is 3.00 e. The number of carbonyl (C=O) groups is 9. The van der Waals surface area contributed by atoms with Gasteiger partial charge in [0.25, 0.3) is 7.82 Å². The number of esters is 1. The van der Waals surface area contributed by atoms with E-state index in [2.05, 4.69) is 15.6 Å². The van der Waals surface area contributed by atoms with Crippen molar-refractivity contribution >= 4 is 89.4 Å². The number of hydrogen-bond acceptors (Lipinski definition) is 22. The van der Waals surface area contributed by atoms with Crippen LogP contribution in [0.1, 0.15) is 177 Å². The number of benzene rings is 2. The molecule has 0 radical (unpaired) electrons. The number of allylic oxidation sites excluding steroid dienone is 6. The number of aliphatic hydroxyl groups is 1. The average molecular weight is 1600 g/mol. The second-order valence-electron chi connectivity index (χ2n) is 32.3. The Bertz CT molecular complexity index is 4390. The first-order valence-corrected chi connectivity index (χ1v) is 38.2. The van der Waals surface area contributed by atoms with Gasteiger partial charge in [-0.05, 0) is 144 Å². The number of rotatable bonds is 31. The Balaban J connectivity index is 0.00000566. The third kappa shape index (κ3) is 19.4. The molecule has 6 aliphatic heterocycles. The van der Waals surface area contributed by atoms with Crippen molar-refractivity contribution in [3.8, 4) is 0 Å². The predicted octanol–water partition coefficient (Wildman–Crippen LogP) is 6.10. The number of primary amides is 6. The van der Waals surface area contributed by atoms with Crippen molar-refractivity contribution in [3.63, 3.8) is 0 Å². The van der Waals surface area contributed by atoms with Crippen LogP contribution in [-0.2, 0) is 89.4 Å². The van der Waals surface area contributed by atoms with Crippen LogP contribution in [0.25, 0.3) is 16.4 Å². The molecule has 6 aliphatic rings. The first-order chi connectivity index (χ1) is 51.2. The van der Waals surface area contributed by atoms with E-state index in [-0.39, 0.29) is 93.8 Å². The van der Waals surface area contributed by atoms with E-state index in [1.54, 1.807) is 71.9 Å². The van der Waals surface area contributed by atoms with Crippen molar-refractivity contribution < 1.29 is 97.8 Å². The Morgan fingerprint density at radius 1 is 0.784 bits per heavy atom. The summed E-state index contributed by atoms with van der Waals surface area (Å²) in [6, 6.07) is 10.0. The van der Waals surface area contributed by atoms with Gasteiger partial charge in [0.15, 0.2) is 6.23 Å². The van der Waals surface area contributed by atoms with E-state index in [1.807, 2.05) is 66.7 Å². The quantitative estimate of drug-likeness (QED) is 0.0200. The number of imidazole rings is 1. The van der Waals surface area contributed by atoms with Crippen LogP contribution in [0.3, 0.4) is 0 Å². The van der Waals surface area contributed by atoms with Gasteiger partial charge in [-0.3, -0.25) is 53.1 Å². The minimum atomic E-state index is -5.56. The summed E-state index contributed by atoms with van der Waals surface area (Å²) in [7, 11) is -5.56. The second kappa shape index (κ2) is 34.9. The van der Waals surface area contributed by atoms with E-state index in [9.17, 15) is 57.7 Å². The molecule has 604 valence electrons. The number of aryl methyl sites for hydroxylation is 2. The second-order valence-corrected chi connectivity index (χ2v) is 33.6. The number of carbonyl (C=O) groups excluding carboxylic acids is 9. The van der Waals surface area contributed by atoms with Crippen LogP contribution >= 0.6 is 7.82 Å². The van der Waals surface area contributed by atoms with Gasteiger partial charge in [0.05, 0.1) is 23.5 Å². The summed E-state index contributed by atoms with van der Waals surface area (Å²) in [6.07, 6.45) is -6.96. The van der Waals surface area contributed by atoms with Gasteiger partial charge < -0.3 is 100 Å². The Labute approximate surface area is 656 Å². The number of phosphoric ester groups is 1. The van der Waals surface area contributed by atoms with Crippen LogP contribution in [-0.4, -0.2) is 146 Å². The summed E-state index contributed by atoms with van der Waals surface area (Å²) in [5, 5.41) is 29.4. The summed E-state index contributed by atoms with van der Waals surface area (Å²) in [5.41, 5.74) is 36.0. The third-order valence-electron chi connectivity index (χ3n) is 22.9. The molecule has 1 aromatic heterocycles. The van der Waals surface area contributed by atoms with Crippen molar-refractivity contribution in [2.75, 3.05) is 13.2 Å². The number of nitrogens with one attached hydrogen (secondary N) is 2. The summed E-state index contributed by atoms with van der Waals surface area (Å²) in [4.78, 5) is 157. The molecule has 15 N–H and O–H groups in total. The molecule has 32 nitrogen and oxygen atoms in total. The summed E-state index contributed by atoms with van der Waals surface area (Å²) in [5.74, 6) is -8.66. The fourth-order valence-electron chi connectivity index (χ4n) is 17.1. The monoisotopic (exact) mass is 1600 g/mol. The molecule has 8 amide bonds. The van der Waals surface area contributed by atoms with Gasteiger partial charge in [0.2, 0.25) is 41.4 Å². The van der Waals surface area contributed by atoms with Gasteiger partial charge in [-0.25, -0.2) is 14.6 Å². The van der Waals surface area contributed by atoms with Gasteiger partial charge in [-0.1, -0.05) is 77.4 Å². The SMILES string of the molecule is C/C1=C2N=C(/C=C3N=C(/C(C)=C4\[N-][C@@](C)([C@@H]5N=C1[C@](C)(CCC(=O)NCC(C)OP(=O)([O-])O[C@H]1[C@@H](O)[C@@H](n6cnc7cc(C)c(C)cc76)O[C@@H]1COC(=O)[C@H](Cc1ccccc1)NC(=O)OC(C)(C)C)[C@H]5CC(N)=O)[C@@](C)(CC(N)=O)[C@@H]4CCC(N)=O)[C@@](C)(CC(N)=O)[C@@H]\3CCC(N)=O)C(C)(C)[C@@H]/2CCC(N)=O.[C-]#N.[Co+3]. The number of nitrogens with two attached hydrogens (primary N) is 6. The van der Waals surface area contributed by atoms with Gasteiger partial charge in [-0.2, -0.15) is 5.70 Å². The van der Waals surface area contributed by atoms with Crippen LogP contribution < -0.4 is 49.9 Å². The maximum absolute atomic E-state index is 14.7. The molecule has 9 rings (SSSR count). The van der Waals surface area contributed by atoms with Crippen LogP contribution in [0.4, 0.5) is 4.79 Å². The molecule has 16 atom stereocenters. The van der Waals surface area contributed by atoms with Crippen LogP contribution in [0.5, 0.6) is 0 Å². The third-order valence-corrected chi connectivity index (χ3v) is 24.1. The minimum Gasteiger partial charge on any atom is -0.756 e. The molecule has 8 bridgehead atoms. The average Bonchev–Trinajstić information content (AvgIpc) is 1.53. The van der Waals surface area contributed by atoms with Gasteiger partial charge in [0.1, 0.15) is 36.6 Å². The molecular formula is C77H105CoN15O17P. The van der Waals surface area contributed by atoms with E-state index in [0.717, 1.165) is 11.1 Å². The zero-order chi connectivity index (χ0) is 81.9. The first-order valence-electron chi connectivity index (χ1n) is 36.7. The zero-order valence-corrected chi connectivity index (χ0v) is 67.2. The number of nitrogens with zero attached hydrogens (tertiary/aromatic N) is 7. The number of fused-ring (bicyclic) bond motifs is 7. The first kappa shape index (κ1) is 89.2. The Kier molecular flexibility index (Phi) is 28.1. The standard InChI is InChI=1S/C76H107N14O17P.CN.Co/c1-38-28-49-51(29-39(38)2)90(37-84-49)68-63(98)64(52(104-68)36-103-69(99)50(30-43-18-16-15-17-19-43)86-70(100)105-71(6,7)8)107-108(101,102)106-40(3)35-83-60(97)26-27-73(11)47(31-57(80)94)67-76(14)75(13,34-59(82)96)46(22-25-56(79)93)62(89-76)42(5)66-74(12,33-58(81)95)44(20-23-54(77)91)48(85-66)32-53-72(9,10)45(21-24-55(78)92)61(87-53)41(4)65(73)88-67;1-2;/h15-19,28-29,32,37,40,44-47,50,52,63-64,67-68,98H,20-27,30-31,33-36H2,1-14H3,(H16,77,78,79,80,81,82,83,85,86,87,88,89,91,92,93,94,95,96,97,100,101,102);;/q;-1;+3/p-2/t40?,44-,45-,46-,47+,50+,52-,63-,64-,67-,68+,73-,74+,75+,76+;;/m1../s1. The number of aliphatic imine (C=N–C) groups is 3. The van der Waals surface area contributed by atoms with E-state index in [4.69, 9.17) is 89.8 Å². The van der Waals surface area contributed by atoms with Crippen molar-refractivity contribution in [2.45, 2.75) is 228 Å². The number of alkyl carbamates (subject to hydrolysis) is 1. The number of aromatic nitrogens is 2. The Morgan fingerprint density at radius 3 is 1.96 bits per heavy atom. The molecular weight excluding hydrogens is 1500 g/mol. The Hall–Kier alpha value is -9.00. The van der Waals surface area contributed by atoms with E-state index < -0.39 is 174 Å². The molecule has 2 unspecified atom stereocenters. The van der Waals surface area contributed by atoms with Crippen molar-refractivity contribution in [2.24, 2.45) is 94.7 Å². The smallest absolute Gasteiger partial charge is 0.756 e. The summed E-state index contributed by atoms with van der Waals surface area (Å²) >= 11 is 0. The van der Waals surface area contributed by atoms with E-state index in [0.29, 0.717) is 62.0 Å². The fourth-order valence-corrected chi connectivity index (χ4v) is 18.2. The Morgan fingerprint density at radius 2 is 1.38 bits per heavy atom. The predicted molar refractivity (Wildman–Crippen MR) is 404 cm³/mol. The van der Waals surface area contributed by atoms with E-state index in [1.165, 1.54) is 17.8 Å². The fraction of sp³-hybridized carbons (Fsp3) is 0.584. The molecule has 111 heavy (non-hydrogen) atoms. The maximum atomic E-state index is 14.7. The summed E-state index contributed by atoms with van der Waals surface area (Å²) in [6.45, 7) is 28.4. The van der Waals surface area contributed by atoms with Crippen LogP contribution in [0.15, 0.2) is 98.1 Å². The van der Waals surface area contributed by atoms with Crippen LogP contribution in [0, 0.1) is 71.0 Å². The number of amides is 8. The summed E-state index contributed by atoms with van der Waals surface area (Å²) < 4.78 is 44.7. The molecule has 34 heteroatoms. The van der Waals surface area contributed by atoms with Gasteiger partial charge in [0, 0.05) is 121 Å². The molecule has 2 fully saturated rings. The normalized spacial score (nSPS) is 29.9. The minimum absolute atomic E-state index is 0. The molecule has 2 saturated heterocycles. The van der Waals surface area contributed by atoms with Crippen molar-refractivity contribution in [1.82, 2.24) is 20.2 Å². The molecule has 2 aromatic carbocycles. The number of hydrogen-bond donors (Lipinski definition) is 9. The van der Waals surface area contributed by atoms with Gasteiger partial charge >= 0.3 is 28.8 Å². The van der Waals surface area contributed by atoms with Crippen molar-refractivity contribution in [1.29, 1.82) is 5.26 Å². The topological polar surface area (TPSA) is 533 Å². The van der Waals surface area contributed by atoms with Gasteiger partial charge in [-0.15, -0.1) is 0 Å². The molecule has 0 saturated carbocycles. The molecule has 0 spiro atoms. The van der Waals surface area contributed by atoms with Crippen molar-refractivity contribution in [3.05, 3.63) is 112 Å². The number of aliphatic hydroxyl groups excluding tert-OH is 1. The molecule has 0 aliphatic carbocycles. The zero-order valence-electron chi connectivity index (χ0n) is 65.3. The number of ether oxygens (including phenoxy) is 3. The van der Waals surface area contributed by atoms with E-state index >= 15 is 0 Å². The van der Waals surface area contributed by atoms with Crippen LogP contribution in [0.2, 0.25) is 0 Å². The molecule has 7 heterocycles. The number of phosphoric acid groups is 1.